The van der Waals surface area contributed by atoms with Crippen molar-refractivity contribution in [3.8, 4) is 0 Å². The Balaban J connectivity index is 3.41. The first-order valence-electron chi connectivity index (χ1n) is 9.44. The fourth-order valence-corrected chi connectivity index (χ4v) is 3.51. The third-order valence-corrected chi connectivity index (χ3v) is 6.25. The number of ether oxygens (including phenoxy) is 3. The van der Waals surface area contributed by atoms with Gasteiger partial charge >= 0.3 is 5.97 Å². The molecular weight excluding hydrogens is 392 g/mol. The van der Waals surface area contributed by atoms with Gasteiger partial charge in [0.15, 0.2) is 0 Å². The monoisotopic (exact) mass is 428 g/mol. The van der Waals surface area contributed by atoms with Gasteiger partial charge in [0, 0.05) is 5.75 Å². The molecule has 0 spiro atoms. The Labute approximate surface area is 168 Å². The first kappa shape index (κ1) is 26.6. The number of thioether (sulfide) groups is 1. The van der Waals surface area contributed by atoms with Gasteiger partial charge in [-0.1, -0.05) is 20.3 Å². The largest absolute Gasteiger partial charge is 0.463 e. The van der Waals surface area contributed by atoms with Crippen molar-refractivity contribution in [1.29, 1.82) is 0 Å². The predicted octanol–water partition coefficient (Wildman–Crippen LogP) is 3.38. The molecular formula is C18H36O7S2. The van der Waals surface area contributed by atoms with E-state index in [1.54, 1.807) is 11.8 Å². The average molecular weight is 429 g/mol. The van der Waals surface area contributed by atoms with Crippen molar-refractivity contribution in [2.75, 3.05) is 43.9 Å². The van der Waals surface area contributed by atoms with E-state index in [2.05, 4.69) is 6.92 Å². The minimum absolute atomic E-state index is 0.156. The lowest BCUT2D eigenvalue weighted by molar-refractivity contribution is -0.157. The number of hydrogen-bond acceptors (Lipinski definition) is 7. The second kappa shape index (κ2) is 14.6. The van der Waals surface area contributed by atoms with Crippen molar-refractivity contribution in [2.45, 2.75) is 53.4 Å². The van der Waals surface area contributed by atoms with Gasteiger partial charge in [-0.25, -0.2) is 0 Å². The molecule has 7 nitrogen and oxygen atoms in total. The predicted molar refractivity (Wildman–Crippen MR) is 109 cm³/mol. The molecule has 0 radical (unpaired) electrons. The number of rotatable bonds is 17. The third kappa shape index (κ3) is 16.3. The lowest BCUT2D eigenvalue weighted by Crippen LogP contribution is -2.27. The Kier molecular flexibility index (Phi) is 14.4. The van der Waals surface area contributed by atoms with E-state index >= 15 is 0 Å². The highest BCUT2D eigenvalue weighted by Crippen LogP contribution is 2.21. The third-order valence-electron chi connectivity index (χ3n) is 4.19. The minimum Gasteiger partial charge on any atom is -0.463 e. The van der Waals surface area contributed by atoms with Crippen LogP contribution in [-0.2, 0) is 29.1 Å². The highest BCUT2D eigenvalue weighted by atomic mass is 32.2. The van der Waals surface area contributed by atoms with Crippen LogP contribution >= 0.6 is 11.8 Å². The normalized spacial score (nSPS) is 13.5. The molecule has 0 aliphatic heterocycles. The fourth-order valence-electron chi connectivity index (χ4n) is 1.97. The van der Waals surface area contributed by atoms with E-state index in [9.17, 15) is 13.2 Å². The zero-order valence-corrected chi connectivity index (χ0v) is 18.7. The quantitative estimate of drug-likeness (QED) is 0.163. The molecule has 0 bridgehead atoms. The Morgan fingerprint density at radius 1 is 1.15 bits per heavy atom. The van der Waals surface area contributed by atoms with Crippen LogP contribution in [0.3, 0.4) is 0 Å². The first-order valence-corrected chi connectivity index (χ1v) is 12.2. The van der Waals surface area contributed by atoms with E-state index in [0.29, 0.717) is 25.6 Å². The molecule has 0 saturated carbocycles. The lowest BCUT2D eigenvalue weighted by atomic mass is 9.91. The van der Waals surface area contributed by atoms with Crippen molar-refractivity contribution in [3.63, 3.8) is 0 Å². The molecule has 1 atom stereocenters. The van der Waals surface area contributed by atoms with E-state index in [4.69, 9.17) is 18.8 Å². The summed E-state index contributed by atoms with van der Waals surface area (Å²) in [6.07, 6.45) is 2.97. The fraction of sp³-hybridized carbons (Fsp3) is 0.944. The summed E-state index contributed by atoms with van der Waals surface area (Å²) >= 11 is 1.78. The van der Waals surface area contributed by atoms with Crippen LogP contribution in [0.25, 0.3) is 0 Å². The van der Waals surface area contributed by atoms with E-state index in [1.165, 1.54) is 0 Å². The highest BCUT2D eigenvalue weighted by Gasteiger charge is 2.26. The van der Waals surface area contributed by atoms with Crippen molar-refractivity contribution in [1.82, 2.24) is 0 Å². The molecule has 0 aliphatic rings. The van der Waals surface area contributed by atoms with Crippen LogP contribution in [0.2, 0.25) is 0 Å². The number of carbonyl (C=O) groups is 1. The SMILES string of the molecule is CCC(C)(C)C(=O)OCCOCOCCSCC(C)CCCCS(=O)(=O)O. The molecule has 0 aliphatic carbocycles. The molecule has 1 unspecified atom stereocenters. The standard InChI is InChI=1S/C18H36O7S2/c1-5-18(3,4)17(19)25-10-9-23-15-24-11-12-26-14-16(2)8-6-7-13-27(20,21)22/h16H,5-15H2,1-4H3,(H,20,21,22). The summed E-state index contributed by atoms with van der Waals surface area (Å²) in [5, 5.41) is 0. The Bertz CT molecular complexity index is 492. The maximum atomic E-state index is 11.7. The summed E-state index contributed by atoms with van der Waals surface area (Å²) < 4.78 is 45.7. The number of esters is 1. The van der Waals surface area contributed by atoms with Crippen LogP contribution < -0.4 is 0 Å². The van der Waals surface area contributed by atoms with E-state index in [-0.39, 0.29) is 25.1 Å². The minimum atomic E-state index is -3.83. The molecule has 0 aromatic rings. The molecule has 0 aromatic carbocycles. The molecule has 0 heterocycles. The van der Waals surface area contributed by atoms with Crippen molar-refractivity contribution < 1.29 is 32.0 Å². The topological polar surface area (TPSA) is 99.1 Å². The Morgan fingerprint density at radius 2 is 1.81 bits per heavy atom. The van der Waals surface area contributed by atoms with Gasteiger partial charge in [0.25, 0.3) is 10.1 Å². The lowest BCUT2D eigenvalue weighted by Gasteiger charge is -2.20. The maximum absolute atomic E-state index is 11.7. The van der Waals surface area contributed by atoms with Crippen LogP contribution in [-0.4, -0.2) is 62.8 Å². The number of unbranched alkanes of at least 4 members (excludes halogenated alkanes) is 1. The maximum Gasteiger partial charge on any atom is 0.311 e. The molecule has 1 N–H and O–H groups in total. The second-order valence-electron chi connectivity index (χ2n) is 7.27. The van der Waals surface area contributed by atoms with Crippen LogP contribution in [0.15, 0.2) is 0 Å². The van der Waals surface area contributed by atoms with Gasteiger partial charge in [0.2, 0.25) is 0 Å². The van der Waals surface area contributed by atoms with Crippen LogP contribution in [0.1, 0.15) is 53.4 Å². The van der Waals surface area contributed by atoms with Crippen molar-refractivity contribution in [3.05, 3.63) is 0 Å². The van der Waals surface area contributed by atoms with E-state index in [1.807, 2.05) is 20.8 Å². The van der Waals surface area contributed by atoms with E-state index < -0.39 is 15.5 Å². The molecule has 27 heavy (non-hydrogen) atoms. The van der Waals surface area contributed by atoms with Gasteiger partial charge in [-0.2, -0.15) is 20.2 Å². The van der Waals surface area contributed by atoms with Crippen molar-refractivity contribution in [2.24, 2.45) is 11.3 Å². The molecule has 0 saturated heterocycles. The number of carbonyl (C=O) groups excluding carboxylic acids is 1. The Morgan fingerprint density at radius 3 is 2.44 bits per heavy atom. The van der Waals surface area contributed by atoms with Gasteiger partial charge in [-0.3, -0.25) is 9.35 Å². The molecule has 162 valence electrons. The van der Waals surface area contributed by atoms with Gasteiger partial charge in [-0.15, -0.1) is 0 Å². The van der Waals surface area contributed by atoms with Crippen LogP contribution in [0.5, 0.6) is 0 Å². The van der Waals surface area contributed by atoms with Gasteiger partial charge in [0.05, 0.1) is 24.4 Å². The highest BCUT2D eigenvalue weighted by molar-refractivity contribution is 7.99. The van der Waals surface area contributed by atoms with Gasteiger partial charge in [-0.05, 0) is 44.8 Å². The number of hydrogen-bond donors (Lipinski definition) is 1. The zero-order chi connectivity index (χ0) is 20.8. The summed E-state index contributed by atoms with van der Waals surface area (Å²) in [7, 11) is -3.83. The van der Waals surface area contributed by atoms with Crippen molar-refractivity contribution >= 4 is 27.8 Å². The first-order chi connectivity index (χ1) is 12.6. The molecule has 0 rings (SSSR count). The molecule has 0 amide bonds. The summed E-state index contributed by atoms with van der Waals surface area (Å²) in [5.74, 6) is 1.97. The second-order valence-corrected chi connectivity index (χ2v) is 9.99. The molecule has 0 aromatic heterocycles. The van der Waals surface area contributed by atoms with Crippen LogP contribution in [0, 0.1) is 11.3 Å². The van der Waals surface area contributed by atoms with Gasteiger partial charge in [0.1, 0.15) is 13.4 Å². The van der Waals surface area contributed by atoms with Gasteiger partial charge < -0.3 is 14.2 Å². The smallest absolute Gasteiger partial charge is 0.311 e. The average Bonchev–Trinajstić information content (AvgIpc) is 2.59. The molecule has 9 heteroatoms. The van der Waals surface area contributed by atoms with Crippen LogP contribution in [0.4, 0.5) is 0 Å². The van der Waals surface area contributed by atoms with E-state index in [0.717, 1.165) is 30.8 Å². The molecule has 0 fully saturated rings. The zero-order valence-electron chi connectivity index (χ0n) is 17.1. The summed E-state index contributed by atoms with van der Waals surface area (Å²) in [6.45, 7) is 9.12. The summed E-state index contributed by atoms with van der Waals surface area (Å²) in [5.41, 5.74) is -0.457. The summed E-state index contributed by atoms with van der Waals surface area (Å²) in [4.78, 5) is 11.7. The Hall–Kier alpha value is -0.350. The summed E-state index contributed by atoms with van der Waals surface area (Å²) in [6, 6.07) is 0.